The number of hydrogen-bond donors (Lipinski definition) is 0. The first kappa shape index (κ1) is 11.4. The standard InChI is InChI=1S/C15H13FO/c1-3-11-6-4-5-7-13(11)14-10-12(17-2)8-9-15(14)16/h3-10H,1H2,2H3. The van der Waals surface area contributed by atoms with Crippen LogP contribution in [0, 0.1) is 5.82 Å². The molecule has 1 nitrogen and oxygen atoms in total. The molecule has 0 atom stereocenters. The van der Waals surface area contributed by atoms with Crippen molar-refractivity contribution in [3.8, 4) is 16.9 Å². The van der Waals surface area contributed by atoms with Crippen LogP contribution >= 0.6 is 0 Å². The first-order valence-electron chi connectivity index (χ1n) is 5.31. The molecule has 0 unspecified atom stereocenters. The molecule has 0 N–H and O–H groups in total. The summed E-state index contributed by atoms with van der Waals surface area (Å²) in [5.41, 5.74) is 2.25. The molecule has 0 fully saturated rings. The van der Waals surface area contributed by atoms with Gasteiger partial charge in [-0.25, -0.2) is 4.39 Å². The van der Waals surface area contributed by atoms with Gasteiger partial charge in [-0.2, -0.15) is 0 Å². The topological polar surface area (TPSA) is 9.23 Å². The third-order valence-corrected chi connectivity index (χ3v) is 2.64. The van der Waals surface area contributed by atoms with Crippen molar-refractivity contribution in [3.05, 3.63) is 60.4 Å². The van der Waals surface area contributed by atoms with Crippen LogP contribution in [0.5, 0.6) is 5.75 Å². The number of hydrogen-bond acceptors (Lipinski definition) is 1. The number of rotatable bonds is 3. The smallest absolute Gasteiger partial charge is 0.131 e. The Bertz CT molecular complexity index is 546. The molecular weight excluding hydrogens is 215 g/mol. The summed E-state index contributed by atoms with van der Waals surface area (Å²) in [6.07, 6.45) is 1.72. The SMILES string of the molecule is C=Cc1ccccc1-c1cc(OC)ccc1F. The van der Waals surface area contributed by atoms with Crippen LogP contribution in [-0.4, -0.2) is 7.11 Å². The van der Waals surface area contributed by atoms with Gasteiger partial charge in [-0.05, 0) is 29.3 Å². The Labute approximate surface area is 100 Å². The van der Waals surface area contributed by atoms with Crippen molar-refractivity contribution in [2.24, 2.45) is 0 Å². The molecule has 2 rings (SSSR count). The van der Waals surface area contributed by atoms with Gasteiger partial charge in [0, 0.05) is 5.56 Å². The molecule has 0 saturated carbocycles. The first-order chi connectivity index (χ1) is 8.26. The van der Waals surface area contributed by atoms with E-state index in [9.17, 15) is 4.39 Å². The van der Waals surface area contributed by atoms with E-state index in [-0.39, 0.29) is 5.82 Å². The quantitative estimate of drug-likeness (QED) is 0.767. The minimum atomic E-state index is -0.264. The van der Waals surface area contributed by atoms with Crippen LogP contribution in [0.25, 0.3) is 17.2 Å². The Morgan fingerprint density at radius 1 is 1.12 bits per heavy atom. The molecule has 0 bridgehead atoms. The van der Waals surface area contributed by atoms with E-state index < -0.39 is 0 Å². The summed E-state index contributed by atoms with van der Waals surface area (Å²) in [5, 5.41) is 0. The van der Waals surface area contributed by atoms with Crippen molar-refractivity contribution in [1.82, 2.24) is 0 Å². The van der Waals surface area contributed by atoms with E-state index in [4.69, 9.17) is 4.74 Å². The lowest BCUT2D eigenvalue weighted by atomic mass is 9.99. The average molecular weight is 228 g/mol. The largest absolute Gasteiger partial charge is 0.497 e. The highest BCUT2D eigenvalue weighted by atomic mass is 19.1. The molecule has 0 amide bonds. The van der Waals surface area contributed by atoms with Crippen molar-refractivity contribution in [3.63, 3.8) is 0 Å². The second-order valence-corrected chi connectivity index (χ2v) is 3.64. The van der Waals surface area contributed by atoms with Crippen LogP contribution in [0.1, 0.15) is 5.56 Å². The van der Waals surface area contributed by atoms with Crippen LogP contribution in [-0.2, 0) is 0 Å². The third-order valence-electron chi connectivity index (χ3n) is 2.64. The normalized spacial score (nSPS) is 10.0. The predicted octanol–water partition coefficient (Wildman–Crippen LogP) is 4.14. The number of ether oxygens (including phenoxy) is 1. The predicted molar refractivity (Wildman–Crippen MR) is 68.5 cm³/mol. The fourth-order valence-electron chi connectivity index (χ4n) is 1.76. The van der Waals surface area contributed by atoms with Gasteiger partial charge >= 0.3 is 0 Å². The highest BCUT2D eigenvalue weighted by Crippen LogP contribution is 2.30. The fourth-order valence-corrected chi connectivity index (χ4v) is 1.76. The van der Waals surface area contributed by atoms with Crippen LogP contribution in [0.4, 0.5) is 4.39 Å². The Morgan fingerprint density at radius 2 is 1.88 bits per heavy atom. The molecule has 0 aliphatic heterocycles. The minimum Gasteiger partial charge on any atom is -0.497 e. The Morgan fingerprint density at radius 3 is 2.59 bits per heavy atom. The molecule has 2 heteroatoms. The second kappa shape index (κ2) is 4.83. The van der Waals surface area contributed by atoms with Crippen molar-refractivity contribution in [2.45, 2.75) is 0 Å². The van der Waals surface area contributed by atoms with Gasteiger partial charge in [0.25, 0.3) is 0 Å². The van der Waals surface area contributed by atoms with E-state index in [0.29, 0.717) is 11.3 Å². The highest BCUT2D eigenvalue weighted by molar-refractivity contribution is 5.75. The summed E-state index contributed by atoms with van der Waals surface area (Å²) >= 11 is 0. The van der Waals surface area contributed by atoms with Crippen LogP contribution in [0.3, 0.4) is 0 Å². The van der Waals surface area contributed by atoms with Crippen LogP contribution < -0.4 is 4.74 Å². The fraction of sp³-hybridized carbons (Fsp3) is 0.0667. The van der Waals surface area contributed by atoms with E-state index >= 15 is 0 Å². The molecular formula is C15H13FO. The summed E-state index contributed by atoms with van der Waals surface area (Å²) in [7, 11) is 1.57. The summed E-state index contributed by atoms with van der Waals surface area (Å²) in [4.78, 5) is 0. The van der Waals surface area contributed by atoms with Crippen LogP contribution in [0.2, 0.25) is 0 Å². The third kappa shape index (κ3) is 2.21. The van der Waals surface area contributed by atoms with Gasteiger partial charge in [0.05, 0.1) is 7.11 Å². The van der Waals surface area contributed by atoms with Gasteiger partial charge in [-0.3, -0.25) is 0 Å². The molecule has 0 aliphatic carbocycles. The molecule has 0 aromatic heterocycles. The summed E-state index contributed by atoms with van der Waals surface area (Å²) in [6.45, 7) is 3.74. The van der Waals surface area contributed by atoms with Gasteiger partial charge in [0.15, 0.2) is 0 Å². The van der Waals surface area contributed by atoms with Gasteiger partial charge in [0.1, 0.15) is 11.6 Å². The van der Waals surface area contributed by atoms with E-state index in [0.717, 1.165) is 11.1 Å². The van der Waals surface area contributed by atoms with Crippen molar-refractivity contribution < 1.29 is 9.13 Å². The molecule has 0 saturated heterocycles. The summed E-state index contributed by atoms with van der Waals surface area (Å²) in [6, 6.07) is 12.3. The summed E-state index contributed by atoms with van der Waals surface area (Å²) < 4.78 is 18.9. The van der Waals surface area contributed by atoms with Gasteiger partial charge in [-0.15, -0.1) is 0 Å². The summed E-state index contributed by atoms with van der Waals surface area (Å²) in [5.74, 6) is 0.375. The second-order valence-electron chi connectivity index (χ2n) is 3.64. The molecule has 2 aromatic rings. The Balaban J connectivity index is 2.62. The number of benzene rings is 2. The van der Waals surface area contributed by atoms with E-state index in [1.807, 2.05) is 24.3 Å². The highest BCUT2D eigenvalue weighted by Gasteiger charge is 2.09. The zero-order valence-corrected chi connectivity index (χ0v) is 9.61. The van der Waals surface area contributed by atoms with E-state index in [2.05, 4.69) is 6.58 Å². The lowest BCUT2D eigenvalue weighted by molar-refractivity contribution is 0.414. The lowest BCUT2D eigenvalue weighted by Crippen LogP contribution is -1.90. The van der Waals surface area contributed by atoms with Crippen LogP contribution in [0.15, 0.2) is 49.0 Å². The zero-order valence-electron chi connectivity index (χ0n) is 9.61. The van der Waals surface area contributed by atoms with Gasteiger partial charge in [-0.1, -0.05) is 36.9 Å². The maximum absolute atomic E-state index is 13.8. The zero-order chi connectivity index (χ0) is 12.3. The van der Waals surface area contributed by atoms with Crippen molar-refractivity contribution in [1.29, 1.82) is 0 Å². The molecule has 2 aromatic carbocycles. The maximum Gasteiger partial charge on any atom is 0.131 e. The van der Waals surface area contributed by atoms with Gasteiger partial charge < -0.3 is 4.74 Å². The average Bonchev–Trinajstić information content (AvgIpc) is 2.39. The molecule has 0 aliphatic rings. The van der Waals surface area contributed by atoms with Crippen molar-refractivity contribution >= 4 is 6.08 Å². The Kier molecular flexibility index (Phi) is 3.24. The lowest BCUT2D eigenvalue weighted by Gasteiger charge is -2.09. The molecule has 0 heterocycles. The minimum absolute atomic E-state index is 0.264. The van der Waals surface area contributed by atoms with Crippen molar-refractivity contribution in [2.75, 3.05) is 7.11 Å². The molecule has 17 heavy (non-hydrogen) atoms. The molecule has 0 spiro atoms. The monoisotopic (exact) mass is 228 g/mol. The number of methoxy groups -OCH3 is 1. The first-order valence-corrected chi connectivity index (χ1v) is 5.31. The van der Waals surface area contributed by atoms with E-state index in [1.54, 1.807) is 25.3 Å². The maximum atomic E-state index is 13.8. The number of halogens is 1. The molecule has 0 radical (unpaired) electrons. The Hall–Kier alpha value is -2.09. The van der Waals surface area contributed by atoms with Gasteiger partial charge in [0.2, 0.25) is 0 Å². The van der Waals surface area contributed by atoms with E-state index in [1.165, 1.54) is 6.07 Å². The molecule has 86 valence electrons.